The molecule has 38 heavy (non-hydrogen) atoms. The van der Waals surface area contributed by atoms with Gasteiger partial charge in [-0.1, -0.05) is 18.2 Å². The second-order valence-electron chi connectivity index (χ2n) is 10.6. The zero-order valence-electron chi connectivity index (χ0n) is 23.0. The summed E-state index contributed by atoms with van der Waals surface area (Å²) < 4.78 is 0. The van der Waals surface area contributed by atoms with Crippen molar-refractivity contribution in [1.29, 1.82) is 0 Å². The standard InChI is InChI=1S/C32H40N6/c1-33-13-4-5-14-34-21-23-8-11-30-26(17-23)19-25-9-12-31-28(32(25)37-30)20-27-18-24(7-10-29(27)36-31)22-35-15-6-16-38(2)3/h7-12,17-20,33-35H,4-6,13-16,21-22H2,1-3H3. The number of aromatic nitrogens is 2. The monoisotopic (exact) mass is 508 g/mol. The van der Waals surface area contributed by atoms with Gasteiger partial charge in [0.25, 0.3) is 0 Å². The number of hydrogen-bond acceptors (Lipinski definition) is 6. The van der Waals surface area contributed by atoms with Crippen LogP contribution in [0.3, 0.4) is 0 Å². The van der Waals surface area contributed by atoms with Gasteiger partial charge in [0.05, 0.1) is 22.1 Å². The van der Waals surface area contributed by atoms with Crippen molar-refractivity contribution in [2.75, 3.05) is 47.3 Å². The Balaban J connectivity index is 1.37. The lowest BCUT2D eigenvalue weighted by Crippen LogP contribution is -2.20. The van der Waals surface area contributed by atoms with Crippen LogP contribution in [0, 0.1) is 0 Å². The van der Waals surface area contributed by atoms with Gasteiger partial charge in [-0.15, -0.1) is 0 Å². The summed E-state index contributed by atoms with van der Waals surface area (Å²) in [5.41, 5.74) is 6.64. The minimum absolute atomic E-state index is 0.868. The first-order chi connectivity index (χ1) is 18.6. The molecular formula is C32H40N6. The Morgan fingerprint density at radius 2 is 1.26 bits per heavy atom. The van der Waals surface area contributed by atoms with E-state index in [2.05, 4.69) is 95.6 Å². The van der Waals surface area contributed by atoms with Gasteiger partial charge in [0, 0.05) is 34.6 Å². The highest BCUT2D eigenvalue weighted by Gasteiger charge is 2.09. The molecule has 3 aromatic carbocycles. The fourth-order valence-corrected chi connectivity index (χ4v) is 5.07. The minimum Gasteiger partial charge on any atom is -0.320 e. The molecule has 0 saturated heterocycles. The predicted molar refractivity (Wildman–Crippen MR) is 162 cm³/mol. The number of nitrogens with zero attached hydrogens (tertiary/aromatic N) is 3. The Labute approximate surface area is 225 Å². The molecule has 0 radical (unpaired) electrons. The van der Waals surface area contributed by atoms with Crippen molar-refractivity contribution in [3.63, 3.8) is 0 Å². The summed E-state index contributed by atoms with van der Waals surface area (Å²) in [6, 6.07) is 22.0. The molecule has 2 aromatic heterocycles. The molecule has 2 heterocycles. The molecule has 0 aliphatic rings. The molecule has 0 bridgehead atoms. The maximum atomic E-state index is 5.11. The van der Waals surface area contributed by atoms with Crippen molar-refractivity contribution < 1.29 is 0 Å². The molecular weight excluding hydrogens is 468 g/mol. The highest BCUT2D eigenvalue weighted by Crippen LogP contribution is 2.29. The first-order valence-corrected chi connectivity index (χ1v) is 13.9. The molecule has 0 unspecified atom stereocenters. The summed E-state index contributed by atoms with van der Waals surface area (Å²) >= 11 is 0. The van der Waals surface area contributed by atoms with Crippen LogP contribution in [0.15, 0.2) is 60.7 Å². The molecule has 0 amide bonds. The Morgan fingerprint density at radius 1 is 0.632 bits per heavy atom. The molecule has 5 aromatic rings. The smallest absolute Gasteiger partial charge is 0.0803 e. The van der Waals surface area contributed by atoms with Crippen molar-refractivity contribution in [3.05, 3.63) is 71.8 Å². The Morgan fingerprint density at radius 3 is 1.97 bits per heavy atom. The fourth-order valence-electron chi connectivity index (χ4n) is 5.07. The van der Waals surface area contributed by atoms with Crippen LogP contribution in [0.2, 0.25) is 0 Å². The van der Waals surface area contributed by atoms with Crippen LogP contribution in [-0.4, -0.2) is 62.2 Å². The molecule has 3 N–H and O–H groups in total. The maximum Gasteiger partial charge on any atom is 0.0803 e. The van der Waals surface area contributed by atoms with E-state index in [0.717, 1.165) is 83.9 Å². The molecule has 6 nitrogen and oxygen atoms in total. The van der Waals surface area contributed by atoms with Crippen molar-refractivity contribution >= 4 is 43.6 Å². The topological polar surface area (TPSA) is 65.1 Å². The summed E-state index contributed by atoms with van der Waals surface area (Å²) in [4.78, 5) is 12.3. The molecule has 0 fully saturated rings. The summed E-state index contributed by atoms with van der Waals surface area (Å²) in [5, 5.41) is 15.0. The molecule has 0 spiro atoms. The summed E-state index contributed by atoms with van der Waals surface area (Å²) in [5.74, 6) is 0. The number of benzene rings is 3. The Bertz CT molecular complexity index is 1530. The lowest BCUT2D eigenvalue weighted by atomic mass is 10.0. The lowest BCUT2D eigenvalue weighted by molar-refractivity contribution is 0.394. The third-order valence-electron chi connectivity index (χ3n) is 7.14. The van der Waals surface area contributed by atoms with Gasteiger partial charge in [0.2, 0.25) is 0 Å². The van der Waals surface area contributed by atoms with E-state index >= 15 is 0 Å². The molecule has 0 aliphatic heterocycles. The maximum absolute atomic E-state index is 5.11. The highest BCUT2D eigenvalue weighted by atomic mass is 15.1. The average molecular weight is 509 g/mol. The largest absolute Gasteiger partial charge is 0.320 e. The first kappa shape index (κ1) is 26.4. The molecule has 6 heteroatoms. The van der Waals surface area contributed by atoms with E-state index in [-0.39, 0.29) is 0 Å². The molecule has 0 aliphatic carbocycles. The second-order valence-corrected chi connectivity index (χ2v) is 10.6. The predicted octanol–water partition coefficient (Wildman–Crippen LogP) is 5.22. The van der Waals surface area contributed by atoms with Gasteiger partial charge in [-0.25, -0.2) is 9.97 Å². The van der Waals surface area contributed by atoms with Crippen LogP contribution in [0.4, 0.5) is 0 Å². The van der Waals surface area contributed by atoms with Crippen molar-refractivity contribution in [2.45, 2.75) is 32.4 Å². The Kier molecular flexibility index (Phi) is 8.76. The van der Waals surface area contributed by atoms with Gasteiger partial charge in [-0.2, -0.15) is 0 Å². The number of fused-ring (bicyclic) bond motifs is 5. The van der Waals surface area contributed by atoms with E-state index < -0.39 is 0 Å². The third-order valence-corrected chi connectivity index (χ3v) is 7.14. The first-order valence-electron chi connectivity index (χ1n) is 13.9. The van der Waals surface area contributed by atoms with E-state index in [1.165, 1.54) is 29.4 Å². The number of nitrogens with one attached hydrogen (secondary N) is 3. The van der Waals surface area contributed by atoms with Gasteiger partial charge in [0.1, 0.15) is 0 Å². The normalized spacial score (nSPS) is 12.0. The van der Waals surface area contributed by atoms with Crippen LogP contribution >= 0.6 is 0 Å². The summed E-state index contributed by atoms with van der Waals surface area (Å²) in [7, 11) is 6.24. The van der Waals surface area contributed by atoms with Crippen LogP contribution in [0.25, 0.3) is 43.6 Å². The molecule has 198 valence electrons. The van der Waals surface area contributed by atoms with Crippen LogP contribution in [0.5, 0.6) is 0 Å². The zero-order valence-corrected chi connectivity index (χ0v) is 23.0. The van der Waals surface area contributed by atoms with Gasteiger partial charge >= 0.3 is 0 Å². The molecule has 0 saturated carbocycles. The van der Waals surface area contributed by atoms with Crippen molar-refractivity contribution in [2.24, 2.45) is 0 Å². The van der Waals surface area contributed by atoms with Crippen LogP contribution in [0.1, 0.15) is 30.4 Å². The summed E-state index contributed by atoms with van der Waals surface area (Å²) in [6.07, 6.45) is 3.53. The van der Waals surface area contributed by atoms with E-state index in [4.69, 9.17) is 9.97 Å². The number of rotatable bonds is 13. The van der Waals surface area contributed by atoms with Gasteiger partial charge in [-0.05, 0) is 120 Å². The van der Waals surface area contributed by atoms with Gasteiger partial charge in [0.15, 0.2) is 0 Å². The third kappa shape index (κ3) is 6.45. The van der Waals surface area contributed by atoms with E-state index in [1.807, 2.05) is 7.05 Å². The molecule has 0 atom stereocenters. The van der Waals surface area contributed by atoms with Crippen molar-refractivity contribution in [1.82, 2.24) is 30.8 Å². The summed E-state index contributed by atoms with van der Waals surface area (Å²) in [6.45, 7) is 5.98. The van der Waals surface area contributed by atoms with Crippen LogP contribution < -0.4 is 16.0 Å². The second kappa shape index (κ2) is 12.6. The van der Waals surface area contributed by atoms with E-state index in [9.17, 15) is 0 Å². The number of pyridine rings is 2. The highest BCUT2D eigenvalue weighted by molar-refractivity contribution is 6.10. The molecule has 5 rings (SSSR count). The number of hydrogen-bond donors (Lipinski definition) is 3. The van der Waals surface area contributed by atoms with Crippen molar-refractivity contribution in [3.8, 4) is 0 Å². The van der Waals surface area contributed by atoms with E-state index in [1.54, 1.807) is 0 Å². The van der Waals surface area contributed by atoms with Crippen LogP contribution in [-0.2, 0) is 13.1 Å². The number of unbranched alkanes of at least 4 members (excludes halogenated alkanes) is 1. The average Bonchev–Trinajstić information content (AvgIpc) is 2.92. The quantitative estimate of drug-likeness (QED) is 0.115. The Hall–Kier alpha value is -3.16. The fraction of sp³-hybridized carbons (Fsp3) is 0.375. The van der Waals surface area contributed by atoms with Gasteiger partial charge in [-0.3, -0.25) is 0 Å². The lowest BCUT2D eigenvalue weighted by Gasteiger charge is -2.11. The minimum atomic E-state index is 0.868. The SMILES string of the molecule is CNCCCCNCc1ccc2nc3c(ccc4nc5ccc(CNCCCN(C)C)cc5cc43)cc2c1. The van der Waals surface area contributed by atoms with Gasteiger partial charge < -0.3 is 20.9 Å². The zero-order chi connectivity index (χ0) is 26.3. The van der Waals surface area contributed by atoms with E-state index in [0.29, 0.717) is 0 Å².